The van der Waals surface area contributed by atoms with Gasteiger partial charge in [0.2, 0.25) is 5.78 Å². The van der Waals surface area contributed by atoms with Crippen molar-refractivity contribution in [2.45, 2.75) is 69.4 Å². The SMILES string of the molecule is Nc1nc2nc(-c3ccccc3O)cn2cc1C#CCC1CCN(C2CC(OC3CCNCC3)C2)CC1.O=C(O)C(F)(F)F. The van der Waals surface area contributed by atoms with Gasteiger partial charge in [0.25, 0.3) is 0 Å². The number of aromatic nitrogens is 3. The Morgan fingerprint density at radius 3 is 2.41 bits per heavy atom. The van der Waals surface area contributed by atoms with Crippen LogP contribution in [0.2, 0.25) is 0 Å². The number of hydrogen-bond acceptors (Lipinski definition) is 8. The number of aliphatic carboxylic acids is 1. The highest BCUT2D eigenvalue weighted by molar-refractivity contribution is 5.73. The van der Waals surface area contributed by atoms with Crippen LogP contribution in [-0.2, 0) is 9.53 Å². The highest BCUT2D eigenvalue weighted by atomic mass is 19.4. The van der Waals surface area contributed by atoms with Crippen molar-refractivity contribution in [3.05, 3.63) is 42.2 Å². The Balaban J connectivity index is 0.000000493. The number of carbonyl (C=O) groups is 1. The van der Waals surface area contributed by atoms with E-state index < -0.39 is 12.1 Å². The molecule has 13 heteroatoms. The summed E-state index contributed by atoms with van der Waals surface area (Å²) < 4.78 is 39.9. The molecule has 1 saturated carbocycles. The minimum atomic E-state index is -5.08. The number of benzene rings is 1. The quantitative estimate of drug-likeness (QED) is 0.314. The van der Waals surface area contributed by atoms with E-state index in [1.165, 1.54) is 25.7 Å². The molecule has 0 unspecified atom stereocenters. The zero-order chi connectivity index (χ0) is 31.3. The zero-order valence-corrected chi connectivity index (χ0v) is 24.3. The maximum atomic E-state index is 10.6. The van der Waals surface area contributed by atoms with Crippen molar-refractivity contribution in [2.75, 3.05) is 31.9 Å². The predicted molar refractivity (Wildman–Crippen MR) is 158 cm³/mol. The third-order valence-electron chi connectivity index (χ3n) is 8.42. The van der Waals surface area contributed by atoms with Crippen LogP contribution in [0.4, 0.5) is 19.0 Å². The summed E-state index contributed by atoms with van der Waals surface area (Å²) in [5.74, 6) is 5.54. The third kappa shape index (κ3) is 7.99. The number of hydrogen-bond donors (Lipinski definition) is 4. The number of phenols is 1. The largest absolute Gasteiger partial charge is 0.507 e. The molecule has 3 aromatic rings. The number of nitrogens with zero attached hydrogens (tertiary/aromatic N) is 4. The minimum absolute atomic E-state index is 0.188. The van der Waals surface area contributed by atoms with Gasteiger partial charge in [0.1, 0.15) is 11.6 Å². The molecule has 0 spiro atoms. The van der Waals surface area contributed by atoms with E-state index in [1.807, 2.05) is 28.9 Å². The van der Waals surface area contributed by atoms with Gasteiger partial charge < -0.3 is 30.9 Å². The molecule has 5 N–H and O–H groups in total. The number of fused-ring (bicyclic) bond motifs is 1. The molecule has 0 atom stereocenters. The molecule has 10 nitrogen and oxygen atoms in total. The van der Waals surface area contributed by atoms with Crippen molar-refractivity contribution in [1.82, 2.24) is 24.6 Å². The molecule has 3 fully saturated rings. The zero-order valence-electron chi connectivity index (χ0n) is 24.3. The van der Waals surface area contributed by atoms with Crippen LogP contribution in [-0.4, -0.2) is 86.1 Å². The van der Waals surface area contributed by atoms with Crippen LogP contribution in [0.5, 0.6) is 5.75 Å². The number of carboxylic acid groups (broad SMARTS) is 1. The summed E-state index contributed by atoms with van der Waals surface area (Å²) in [5.41, 5.74) is 8.21. The number of likely N-dealkylation sites (tertiary alicyclic amines) is 1. The van der Waals surface area contributed by atoms with E-state index in [0.29, 0.717) is 52.6 Å². The van der Waals surface area contributed by atoms with Gasteiger partial charge in [-0.3, -0.25) is 4.40 Å². The Kier molecular flexibility index (Phi) is 9.93. The van der Waals surface area contributed by atoms with Crippen LogP contribution in [0, 0.1) is 17.8 Å². The Morgan fingerprint density at radius 1 is 1.07 bits per heavy atom. The maximum Gasteiger partial charge on any atom is 0.490 e. The van der Waals surface area contributed by atoms with Gasteiger partial charge in [-0.25, -0.2) is 9.78 Å². The number of halogens is 3. The second-order valence-corrected chi connectivity index (χ2v) is 11.5. The van der Waals surface area contributed by atoms with E-state index in [-0.39, 0.29) is 5.75 Å². The summed E-state index contributed by atoms with van der Waals surface area (Å²) in [6, 6.07) is 7.84. The number of anilines is 1. The standard InChI is InChI=1S/C29H36N6O2.C2HF3O2/c30-28-21(18-35-19-26(32-29(35)33-28)25-6-1-2-7-27(25)36)5-3-4-20-10-14-34(15-11-20)22-16-24(17-22)37-23-8-12-31-13-9-23;3-2(4,5)1(6)7/h1-2,6-7,18-20,22-24,31,36H,4,8-17H2,(H2,30,32,33);(H,6,7). The number of nitrogens with one attached hydrogen (secondary N) is 1. The highest BCUT2D eigenvalue weighted by Gasteiger charge is 2.38. The van der Waals surface area contributed by atoms with Crippen LogP contribution >= 0.6 is 0 Å². The number of ether oxygens (including phenoxy) is 1. The summed E-state index contributed by atoms with van der Waals surface area (Å²) in [5, 5.41) is 20.7. The molecule has 0 amide bonds. The third-order valence-corrected chi connectivity index (χ3v) is 8.42. The van der Waals surface area contributed by atoms with Crippen LogP contribution in [0.15, 0.2) is 36.7 Å². The number of alkyl halides is 3. The lowest BCUT2D eigenvalue weighted by molar-refractivity contribution is -0.192. The molecule has 44 heavy (non-hydrogen) atoms. The summed E-state index contributed by atoms with van der Waals surface area (Å²) in [6.45, 7) is 4.52. The predicted octanol–water partition coefficient (Wildman–Crippen LogP) is 4.07. The molecule has 0 bridgehead atoms. The molecule has 2 aromatic heterocycles. The van der Waals surface area contributed by atoms with Gasteiger partial charge in [0.05, 0.1) is 23.5 Å². The van der Waals surface area contributed by atoms with E-state index in [0.717, 1.165) is 45.4 Å². The Bertz CT molecular complexity index is 1500. The lowest BCUT2D eigenvalue weighted by atomic mass is 9.84. The average molecular weight is 615 g/mol. The number of aromatic hydroxyl groups is 1. The normalized spacial score (nSPS) is 21.5. The molecule has 1 aromatic carbocycles. The maximum absolute atomic E-state index is 10.6. The monoisotopic (exact) mass is 614 g/mol. The first kappa shape index (κ1) is 31.6. The Labute approximate surface area is 253 Å². The molecule has 2 saturated heterocycles. The van der Waals surface area contributed by atoms with Gasteiger partial charge in [0, 0.05) is 30.4 Å². The van der Waals surface area contributed by atoms with Gasteiger partial charge in [0.15, 0.2) is 0 Å². The molecule has 6 rings (SSSR count). The van der Waals surface area contributed by atoms with Crippen molar-refractivity contribution >= 4 is 17.6 Å². The molecule has 3 aliphatic rings. The lowest BCUT2D eigenvalue weighted by Crippen LogP contribution is -2.52. The summed E-state index contributed by atoms with van der Waals surface area (Å²) >= 11 is 0. The second-order valence-electron chi connectivity index (χ2n) is 11.5. The molecular weight excluding hydrogens is 577 g/mol. The topological polar surface area (TPSA) is 138 Å². The average Bonchev–Trinajstić information content (AvgIpc) is 3.38. The molecule has 2 aliphatic heterocycles. The Morgan fingerprint density at radius 2 is 1.75 bits per heavy atom. The number of phenolic OH excluding ortho intramolecular Hbond substituents is 1. The van der Waals surface area contributed by atoms with Crippen molar-refractivity contribution in [3.8, 4) is 28.8 Å². The minimum Gasteiger partial charge on any atom is -0.507 e. The van der Waals surface area contributed by atoms with E-state index in [1.54, 1.807) is 12.1 Å². The van der Waals surface area contributed by atoms with Gasteiger partial charge in [-0.15, -0.1) is 0 Å². The molecule has 236 valence electrons. The van der Waals surface area contributed by atoms with Crippen molar-refractivity contribution in [2.24, 2.45) is 5.92 Å². The van der Waals surface area contributed by atoms with E-state index >= 15 is 0 Å². The number of nitrogen functional groups attached to an aromatic ring is 1. The number of nitrogens with two attached hydrogens (primary N) is 1. The lowest BCUT2D eigenvalue weighted by Gasteiger charge is -2.46. The second kappa shape index (κ2) is 13.8. The number of carboxylic acids is 1. The number of para-hydroxylation sites is 1. The van der Waals surface area contributed by atoms with Crippen molar-refractivity contribution in [3.63, 3.8) is 0 Å². The first-order valence-corrected chi connectivity index (χ1v) is 14.9. The van der Waals surface area contributed by atoms with Crippen molar-refractivity contribution in [1.29, 1.82) is 0 Å². The van der Waals surface area contributed by atoms with Crippen LogP contribution in [0.1, 0.15) is 50.5 Å². The van der Waals surface area contributed by atoms with Gasteiger partial charge in [-0.05, 0) is 82.8 Å². The first-order chi connectivity index (χ1) is 21.1. The van der Waals surface area contributed by atoms with E-state index in [4.69, 9.17) is 20.4 Å². The van der Waals surface area contributed by atoms with E-state index in [2.05, 4.69) is 32.0 Å². The smallest absolute Gasteiger partial charge is 0.490 e. The van der Waals surface area contributed by atoms with Crippen LogP contribution in [0.25, 0.3) is 17.0 Å². The molecular formula is C31H37F3N6O4. The highest BCUT2D eigenvalue weighted by Crippen LogP contribution is 2.34. The van der Waals surface area contributed by atoms with Crippen LogP contribution < -0.4 is 11.1 Å². The number of rotatable bonds is 5. The van der Waals surface area contributed by atoms with Gasteiger partial charge in [-0.1, -0.05) is 24.0 Å². The van der Waals surface area contributed by atoms with Crippen LogP contribution in [0.3, 0.4) is 0 Å². The fraction of sp³-hybridized carbons (Fsp3) is 0.516. The van der Waals surface area contributed by atoms with E-state index in [9.17, 15) is 18.3 Å². The first-order valence-electron chi connectivity index (χ1n) is 14.9. The fourth-order valence-electron chi connectivity index (χ4n) is 5.81. The molecule has 4 heterocycles. The van der Waals surface area contributed by atoms with Gasteiger partial charge >= 0.3 is 12.1 Å². The van der Waals surface area contributed by atoms with Gasteiger partial charge in [-0.2, -0.15) is 18.2 Å². The molecule has 1 aliphatic carbocycles. The fourth-order valence-corrected chi connectivity index (χ4v) is 5.81. The number of imidazole rings is 1. The number of piperidine rings is 2. The van der Waals surface area contributed by atoms with Crippen molar-refractivity contribution < 1.29 is 32.9 Å². The summed E-state index contributed by atoms with van der Waals surface area (Å²) in [6.07, 6.45) is 7.56. The summed E-state index contributed by atoms with van der Waals surface area (Å²) in [7, 11) is 0. The molecule has 0 radical (unpaired) electrons. The summed E-state index contributed by atoms with van der Waals surface area (Å²) in [4.78, 5) is 20.5. The Hall–Kier alpha value is -3.86.